The van der Waals surface area contributed by atoms with Crippen LogP contribution in [0.25, 0.3) is 0 Å². The molecular weight excluding hydrogens is 448 g/mol. The second-order valence-electron chi connectivity index (χ2n) is 8.38. The predicted octanol–water partition coefficient (Wildman–Crippen LogP) is 5.11. The zero-order chi connectivity index (χ0) is 26.0. The van der Waals surface area contributed by atoms with Crippen molar-refractivity contribution in [1.82, 2.24) is 0 Å². The minimum atomic E-state index is -0.961. The molecule has 7 nitrogen and oxygen atoms in total. The Kier molecular flexibility index (Phi) is 10.1. The van der Waals surface area contributed by atoms with Crippen LogP contribution in [-0.4, -0.2) is 32.4 Å². The fraction of sp³-hybridized carbons (Fsp3) is 0.286. The summed E-state index contributed by atoms with van der Waals surface area (Å²) < 4.78 is 5.30. The first kappa shape index (κ1) is 27.2. The van der Waals surface area contributed by atoms with Crippen LogP contribution in [0.5, 0.6) is 17.2 Å². The molecule has 3 aromatic carbocycles. The molecule has 0 aliphatic rings. The van der Waals surface area contributed by atoms with Crippen molar-refractivity contribution in [2.45, 2.75) is 53.1 Å². The second kappa shape index (κ2) is 13.0. The minimum Gasteiger partial charge on any atom is -0.504 e. The highest BCUT2D eigenvalue weighted by Crippen LogP contribution is 2.35. The lowest BCUT2D eigenvalue weighted by Gasteiger charge is -2.09. The van der Waals surface area contributed by atoms with E-state index in [1.165, 1.54) is 34.4 Å². The van der Waals surface area contributed by atoms with Gasteiger partial charge in [-0.15, -0.1) is 0 Å². The first-order chi connectivity index (χ1) is 16.6. The molecule has 3 aromatic rings. The Hall–Kier alpha value is -4.00. The minimum absolute atomic E-state index is 0.0936. The number of phenols is 3. The first-order valence-electron chi connectivity index (χ1n) is 11.3. The van der Waals surface area contributed by atoms with E-state index in [2.05, 4.69) is 32.9 Å². The molecule has 0 saturated carbocycles. The molecule has 35 heavy (non-hydrogen) atoms. The summed E-state index contributed by atoms with van der Waals surface area (Å²) in [5.41, 5.74) is 6.57. The van der Waals surface area contributed by atoms with Gasteiger partial charge in [0.2, 0.25) is 0 Å². The highest BCUT2D eigenvalue weighted by Gasteiger charge is 2.09. The number of carboxylic acids is 1. The Bertz CT molecular complexity index is 1110. The number of aromatic hydroxyl groups is 3. The van der Waals surface area contributed by atoms with Gasteiger partial charge in [0.15, 0.2) is 17.2 Å². The van der Waals surface area contributed by atoms with Crippen LogP contribution < -0.4 is 0 Å². The number of carbonyl (C=O) groups excluding carboxylic acids is 1. The van der Waals surface area contributed by atoms with Crippen LogP contribution in [0.1, 0.15) is 46.2 Å². The summed E-state index contributed by atoms with van der Waals surface area (Å²) in [6, 6.07) is 16.5. The Labute approximate surface area is 205 Å². The van der Waals surface area contributed by atoms with Crippen molar-refractivity contribution in [3.63, 3.8) is 0 Å². The van der Waals surface area contributed by atoms with Crippen LogP contribution in [0, 0.1) is 20.8 Å². The Morgan fingerprint density at radius 3 is 1.80 bits per heavy atom. The van der Waals surface area contributed by atoms with Crippen molar-refractivity contribution in [3.8, 4) is 17.2 Å². The van der Waals surface area contributed by atoms with E-state index in [1.807, 2.05) is 30.3 Å². The Balaban J connectivity index is 0.000000269. The van der Waals surface area contributed by atoms with E-state index in [0.29, 0.717) is 18.6 Å². The molecule has 0 atom stereocenters. The SMILES string of the molecule is Cc1cc(CCC(=O)OCc2ccccc2)cc(C)c1C.O=C(O)CCc1cc(O)c(O)c(O)c1. The van der Waals surface area contributed by atoms with Gasteiger partial charge in [0.25, 0.3) is 0 Å². The van der Waals surface area contributed by atoms with Crippen LogP contribution in [0.4, 0.5) is 0 Å². The number of aryl methyl sites for hydroxylation is 4. The van der Waals surface area contributed by atoms with Crippen molar-refractivity contribution in [2.75, 3.05) is 0 Å². The average molecular weight is 481 g/mol. The lowest BCUT2D eigenvalue weighted by Crippen LogP contribution is -2.06. The van der Waals surface area contributed by atoms with E-state index in [-0.39, 0.29) is 18.8 Å². The number of phenolic OH excluding ortho intramolecular Hbond substituents is 3. The van der Waals surface area contributed by atoms with Crippen molar-refractivity contribution >= 4 is 11.9 Å². The molecule has 0 aliphatic heterocycles. The average Bonchev–Trinajstić information content (AvgIpc) is 2.82. The van der Waals surface area contributed by atoms with Crippen LogP contribution in [-0.2, 0) is 33.8 Å². The molecule has 4 N–H and O–H groups in total. The number of hydrogen-bond acceptors (Lipinski definition) is 6. The van der Waals surface area contributed by atoms with Gasteiger partial charge in [0.05, 0.1) is 0 Å². The van der Waals surface area contributed by atoms with Gasteiger partial charge in [0.1, 0.15) is 6.61 Å². The summed E-state index contributed by atoms with van der Waals surface area (Å²) in [5.74, 6) is -2.60. The molecule has 0 saturated heterocycles. The van der Waals surface area contributed by atoms with E-state index in [0.717, 1.165) is 12.0 Å². The van der Waals surface area contributed by atoms with E-state index < -0.39 is 23.2 Å². The summed E-state index contributed by atoms with van der Waals surface area (Å²) in [6.45, 7) is 6.70. The standard InChI is InChI=1S/C19H22O2.C9H10O5/c1-14-11-18(12-15(2)16(14)3)9-10-19(20)21-13-17-7-5-4-6-8-17;10-6-3-5(1-2-8(12)13)4-7(11)9(6)14/h4-8,11-12H,9-10,13H2,1-3H3;3-4,10-11,14H,1-2H2,(H,12,13). The third kappa shape index (κ3) is 9.04. The lowest BCUT2D eigenvalue weighted by atomic mass is 9.98. The molecular formula is C28H32O7. The molecule has 0 unspecified atom stereocenters. The molecule has 3 rings (SSSR count). The molecule has 0 aliphatic carbocycles. The number of esters is 1. The number of ether oxygens (including phenoxy) is 1. The van der Waals surface area contributed by atoms with E-state index in [4.69, 9.17) is 25.2 Å². The smallest absolute Gasteiger partial charge is 0.306 e. The van der Waals surface area contributed by atoms with Crippen LogP contribution in [0.3, 0.4) is 0 Å². The van der Waals surface area contributed by atoms with Gasteiger partial charge in [-0.2, -0.15) is 0 Å². The summed E-state index contributed by atoms with van der Waals surface area (Å²) >= 11 is 0. The van der Waals surface area contributed by atoms with Crippen LogP contribution in [0.15, 0.2) is 54.6 Å². The molecule has 0 spiro atoms. The van der Waals surface area contributed by atoms with Crippen LogP contribution in [0.2, 0.25) is 0 Å². The molecule has 186 valence electrons. The van der Waals surface area contributed by atoms with Crippen molar-refractivity contribution in [1.29, 1.82) is 0 Å². The van der Waals surface area contributed by atoms with Gasteiger partial charge in [0, 0.05) is 12.8 Å². The maximum Gasteiger partial charge on any atom is 0.306 e. The van der Waals surface area contributed by atoms with Crippen LogP contribution >= 0.6 is 0 Å². The fourth-order valence-corrected chi connectivity index (χ4v) is 3.38. The number of carboxylic acid groups (broad SMARTS) is 1. The van der Waals surface area contributed by atoms with Gasteiger partial charge >= 0.3 is 11.9 Å². The third-order valence-corrected chi connectivity index (χ3v) is 5.60. The monoisotopic (exact) mass is 480 g/mol. The Morgan fingerprint density at radius 1 is 0.743 bits per heavy atom. The van der Waals surface area contributed by atoms with Gasteiger partial charge in [-0.1, -0.05) is 42.5 Å². The molecule has 0 amide bonds. The molecule has 7 heteroatoms. The Morgan fingerprint density at radius 2 is 1.26 bits per heavy atom. The van der Waals surface area contributed by atoms with Gasteiger partial charge in [-0.25, -0.2) is 0 Å². The normalized spacial score (nSPS) is 10.3. The van der Waals surface area contributed by atoms with E-state index in [9.17, 15) is 9.59 Å². The number of carbonyl (C=O) groups is 2. The largest absolute Gasteiger partial charge is 0.504 e. The van der Waals surface area contributed by atoms with Gasteiger partial charge in [-0.3, -0.25) is 9.59 Å². The third-order valence-electron chi connectivity index (χ3n) is 5.60. The number of rotatable bonds is 8. The van der Waals surface area contributed by atoms with Crippen molar-refractivity contribution < 1.29 is 34.8 Å². The predicted molar refractivity (Wildman–Crippen MR) is 133 cm³/mol. The fourth-order valence-electron chi connectivity index (χ4n) is 3.38. The maximum absolute atomic E-state index is 11.8. The second-order valence-corrected chi connectivity index (χ2v) is 8.38. The number of aliphatic carboxylic acids is 1. The molecule has 0 radical (unpaired) electrons. The van der Waals surface area contributed by atoms with Gasteiger partial charge in [-0.05, 0) is 79.1 Å². The zero-order valence-corrected chi connectivity index (χ0v) is 20.2. The zero-order valence-electron chi connectivity index (χ0n) is 20.2. The molecule has 0 fully saturated rings. The summed E-state index contributed by atoms with van der Waals surface area (Å²) in [7, 11) is 0. The quantitative estimate of drug-likeness (QED) is 0.261. The maximum atomic E-state index is 11.8. The molecule has 0 aromatic heterocycles. The van der Waals surface area contributed by atoms with Crippen molar-refractivity contribution in [3.05, 3.63) is 88.0 Å². The summed E-state index contributed by atoms with van der Waals surface area (Å²) in [6.07, 6.45) is 1.25. The van der Waals surface area contributed by atoms with Crippen molar-refractivity contribution in [2.24, 2.45) is 0 Å². The number of hydrogen-bond donors (Lipinski definition) is 4. The molecule has 0 heterocycles. The molecule has 0 bridgehead atoms. The van der Waals surface area contributed by atoms with E-state index in [1.54, 1.807) is 0 Å². The van der Waals surface area contributed by atoms with Gasteiger partial charge < -0.3 is 25.2 Å². The number of benzene rings is 3. The van der Waals surface area contributed by atoms with E-state index >= 15 is 0 Å². The summed E-state index contributed by atoms with van der Waals surface area (Å²) in [5, 5.41) is 35.6. The highest BCUT2D eigenvalue weighted by atomic mass is 16.5. The first-order valence-corrected chi connectivity index (χ1v) is 11.3. The topological polar surface area (TPSA) is 124 Å². The summed E-state index contributed by atoms with van der Waals surface area (Å²) in [4.78, 5) is 22.0. The lowest BCUT2D eigenvalue weighted by molar-refractivity contribution is -0.145. The highest BCUT2D eigenvalue weighted by molar-refractivity contribution is 5.69.